The van der Waals surface area contributed by atoms with Gasteiger partial charge in [-0.2, -0.15) is 9.61 Å². The molecule has 1 aromatic carbocycles. The number of halogens is 2. The van der Waals surface area contributed by atoms with Crippen molar-refractivity contribution < 1.29 is 0 Å². The number of aromatic nitrogens is 4. The lowest BCUT2D eigenvalue weighted by atomic mass is 10.2. The number of hydrogen-bond acceptors (Lipinski definition) is 4. The minimum absolute atomic E-state index is 0.685. The molecule has 2 aromatic heterocycles. The Hall–Kier alpha value is -0.980. The maximum absolute atomic E-state index is 6.23. The lowest BCUT2D eigenvalue weighted by molar-refractivity contribution is 0.778. The smallest absolute Gasteiger partial charge is 0.187 e. The van der Waals surface area contributed by atoms with Crippen LogP contribution in [-0.4, -0.2) is 19.8 Å². The van der Waals surface area contributed by atoms with Crippen LogP contribution in [-0.2, 0) is 6.42 Å². The standard InChI is InChI=1S/C12H10BrClN4S/c1-2-3-10-15-16-12-18(10)17-11(19-12)8-6-7(13)4-5-9(8)14/h4-6H,2-3H2,1H3. The first-order valence-electron chi connectivity index (χ1n) is 5.85. The van der Waals surface area contributed by atoms with Crippen LogP contribution >= 0.6 is 38.9 Å². The van der Waals surface area contributed by atoms with E-state index in [0.29, 0.717) is 5.02 Å². The van der Waals surface area contributed by atoms with E-state index in [1.54, 1.807) is 4.52 Å². The van der Waals surface area contributed by atoms with Gasteiger partial charge in [-0.15, -0.1) is 10.2 Å². The number of rotatable bonds is 3. The van der Waals surface area contributed by atoms with Gasteiger partial charge in [-0.05, 0) is 24.6 Å². The zero-order valence-electron chi connectivity index (χ0n) is 10.1. The Bertz CT molecular complexity index is 736. The minimum atomic E-state index is 0.685. The number of benzene rings is 1. The summed E-state index contributed by atoms with van der Waals surface area (Å²) in [6.45, 7) is 2.11. The third kappa shape index (κ3) is 2.40. The summed E-state index contributed by atoms with van der Waals surface area (Å²) in [6, 6.07) is 5.73. The van der Waals surface area contributed by atoms with E-state index in [1.165, 1.54) is 11.3 Å². The molecule has 0 aliphatic carbocycles. The molecular weight excluding hydrogens is 348 g/mol. The Morgan fingerprint density at radius 3 is 3.00 bits per heavy atom. The van der Waals surface area contributed by atoms with Crippen molar-refractivity contribution in [2.75, 3.05) is 0 Å². The molecule has 7 heteroatoms. The Balaban J connectivity index is 2.12. The van der Waals surface area contributed by atoms with Crippen LogP contribution in [0.25, 0.3) is 15.5 Å². The fourth-order valence-corrected chi connectivity index (χ4v) is 3.32. The largest absolute Gasteiger partial charge is 0.234 e. The summed E-state index contributed by atoms with van der Waals surface area (Å²) in [5, 5.41) is 14.4. The molecule has 98 valence electrons. The molecule has 0 aliphatic rings. The van der Waals surface area contributed by atoms with Crippen molar-refractivity contribution in [2.45, 2.75) is 19.8 Å². The molecule has 0 unspecified atom stereocenters. The normalized spacial score (nSPS) is 11.3. The zero-order valence-corrected chi connectivity index (χ0v) is 13.3. The molecule has 0 atom stereocenters. The van der Waals surface area contributed by atoms with Gasteiger partial charge in [0.05, 0.1) is 5.02 Å². The molecule has 0 saturated heterocycles. The molecule has 19 heavy (non-hydrogen) atoms. The van der Waals surface area contributed by atoms with Crippen LogP contribution < -0.4 is 0 Å². The quantitative estimate of drug-likeness (QED) is 0.705. The molecule has 3 rings (SSSR count). The van der Waals surface area contributed by atoms with E-state index >= 15 is 0 Å². The van der Waals surface area contributed by atoms with Crippen LogP contribution in [0.2, 0.25) is 5.02 Å². The predicted octanol–water partition coefficient (Wildman–Crippen LogP) is 4.22. The van der Waals surface area contributed by atoms with E-state index < -0.39 is 0 Å². The van der Waals surface area contributed by atoms with E-state index in [4.69, 9.17) is 11.6 Å². The lowest BCUT2D eigenvalue weighted by Crippen LogP contribution is -1.95. The van der Waals surface area contributed by atoms with Crippen molar-refractivity contribution in [3.8, 4) is 10.6 Å². The topological polar surface area (TPSA) is 43.1 Å². The first-order valence-corrected chi connectivity index (χ1v) is 7.84. The number of fused-ring (bicyclic) bond motifs is 1. The Labute approximate surface area is 127 Å². The van der Waals surface area contributed by atoms with Crippen molar-refractivity contribution in [3.63, 3.8) is 0 Å². The molecular formula is C12H10BrClN4S. The first kappa shape index (κ1) is 13.0. The minimum Gasteiger partial charge on any atom is -0.187 e. The average molecular weight is 358 g/mol. The van der Waals surface area contributed by atoms with Gasteiger partial charge in [0.1, 0.15) is 5.01 Å². The summed E-state index contributed by atoms with van der Waals surface area (Å²) >= 11 is 11.2. The van der Waals surface area contributed by atoms with Crippen molar-refractivity contribution in [1.29, 1.82) is 0 Å². The lowest BCUT2D eigenvalue weighted by Gasteiger charge is -2.00. The van der Waals surface area contributed by atoms with Crippen LogP contribution in [0, 0.1) is 0 Å². The highest BCUT2D eigenvalue weighted by atomic mass is 79.9. The van der Waals surface area contributed by atoms with Crippen molar-refractivity contribution >= 4 is 43.8 Å². The number of aryl methyl sites for hydroxylation is 1. The third-order valence-corrected chi connectivity index (χ3v) is 4.44. The van der Waals surface area contributed by atoms with Crippen LogP contribution in [0.15, 0.2) is 22.7 Å². The molecule has 4 nitrogen and oxygen atoms in total. The summed E-state index contributed by atoms with van der Waals surface area (Å²) in [7, 11) is 0. The van der Waals surface area contributed by atoms with E-state index in [-0.39, 0.29) is 0 Å². The molecule has 0 aliphatic heterocycles. The van der Waals surface area contributed by atoms with E-state index in [0.717, 1.165) is 38.7 Å². The fourth-order valence-electron chi connectivity index (χ4n) is 1.81. The molecule has 2 heterocycles. The second-order valence-corrected chi connectivity index (χ2v) is 6.37. The van der Waals surface area contributed by atoms with Gasteiger partial charge in [-0.3, -0.25) is 0 Å². The van der Waals surface area contributed by atoms with Gasteiger partial charge in [-0.25, -0.2) is 0 Å². The highest BCUT2D eigenvalue weighted by Crippen LogP contribution is 2.33. The van der Waals surface area contributed by atoms with Gasteiger partial charge in [0.25, 0.3) is 0 Å². The molecule has 3 aromatic rings. The molecule has 0 bridgehead atoms. The van der Waals surface area contributed by atoms with Crippen molar-refractivity contribution in [1.82, 2.24) is 19.8 Å². The summed E-state index contributed by atoms with van der Waals surface area (Å²) in [6.07, 6.45) is 1.89. The monoisotopic (exact) mass is 356 g/mol. The summed E-state index contributed by atoms with van der Waals surface area (Å²) in [5.74, 6) is 0.895. The zero-order chi connectivity index (χ0) is 13.4. The fraction of sp³-hybridized carbons (Fsp3) is 0.250. The van der Waals surface area contributed by atoms with Gasteiger partial charge in [-0.1, -0.05) is 45.8 Å². The molecule has 0 N–H and O–H groups in total. The van der Waals surface area contributed by atoms with Gasteiger partial charge in [0.15, 0.2) is 5.82 Å². The average Bonchev–Trinajstić information content (AvgIpc) is 2.95. The highest BCUT2D eigenvalue weighted by Gasteiger charge is 2.14. The summed E-state index contributed by atoms with van der Waals surface area (Å²) < 4.78 is 2.78. The number of hydrogen-bond donors (Lipinski definition) is 0. The Morgan fingerprint density at radius 1 is 1.37 bits per heavy atom. The Kier molecular flexibility index (Phi) is 3.56. The molecule has 0 saturated carbocycles. The molecule has 0 radical (unpaired) electrons. The highest BCUT2D eigenvalue weighted by molar-refractivity contribution is 9.10. The van der Waals surface area contributed by atoms with Gasteiger partial charge in [0.2, 0.25) is 4.96 Å². The van der Waals surface area contributed by atoms with Crippen LogP contribution in [0.3, 0.4) is 0 Å². The second kappa shape index (κ2) is 5.19. The summed E-state index contributed by atoms with van der Waals surface area (Å²) in [4.78, 5) is 0.800. The molecule has 0 amide bonds. The van der Waals surface area contributed by atoms with Crippen LogP contribution in [0.5, 0.6) is 0 Å². The van der Waals surface area contributed by atoms with Crippen LogP contribution in [0.4, 0.5) is 0 Å². The van der Waals surface area contributed by atoms with E-state index in [1.807, 2.05) is 18.2 Å². The van der Waals surface area contributed by atoms with E-state index in [2.05, 4.69) is 38.1 Å². The maximum atomic E-state index is 6.23. The van der Waals surface area contributed by atoms with Crippen molar-refractivity contribution in [2.24, 2.45) is 0 Å². The molecule has 0 spiro atoms. The van der Waals surface area contributed by atoms with E-state index in [9.17, 15) is 0 Å². The van der Waals surface area contributed by atoms with Gasteiger partial charge < -0.3 is 0 Å². The molecule has 0 fully saturated rings. The number of nitrogens with zero attached hydrogens (tertiary/aromatic N) is 4. The third-order valence-electron chi connectivity index (χ3n) is 2.69. The van der Waals surface area contributed by atoms with Gasteiger partial charge >= 0.3 is 0 Å². The predicted molar refractivity (Wildman–Crippen MR) is 80.8 cm³/mol. The van der Waals surface area contributed by atoms with Crippen LogP contribution in [0.1, 0.15) is 19.2 Å². The van der Waals surface area contributed by atoms with Crippen molar-refractivity contribution in [3.05, 3.63) is 33.5 Å². The SMILES string of the molecule is CCCc1nnc2sc(-c3cc(Br)ccc3Cl)nn12. The van der Waals surface area contributed by atoms with Gasteiger partial charge in [0, 0.05) is 16.5 Å². The Morgan fingerprint density at radius 2 is 2.21 bits per heavy atom. The maximum Gasteiger partial charge on any atom is 0.234 e. The first-order chi connectivity index (χ1) is 9.19. The summed E-state index contributed by atoms with van der Waals surface area (Å²) in [5.41, 5.74) is 0.911. The second-order valence-electron chi connectivity index (χ2n) is 4.09.